The molecule has 1 fully saturated rings. The molecule has 0 heterocycles. The predicted molar refractivity (Wildman–Crippen MR) is 85.2 cm³/mol. The fraction of sp³-hybridized carbons (Fsp3) is 0.667. The van der Waals surface area contributed by atoms with Gasteiger partial charge in [-0.15, -0.1) is 0 Å². The van der Waals surface area contributed by atoms with E-state index in [9.17, 15) is 0 Å². The lowest BCUT2D eigenvalue weighted by Gasteiger charge is -2.22. The van der Waals surface area contributed by atoms with Crippen LogP contribution in [0.3, 0.4) is 0 Å². The summed E-state index contributed by atoms with van der Waals surface area (Å²) in [7, 11) is 2.01. The molecule has 0 bridgehead atoms. The minimum atomic E-state index is 0.216. The Labute approximate surface area is 123 Å². The standard InChI is InChI=1S/C18H29NO/c1-18(2,3)15-11-9-14(10-12-15)17(19-4)13-20-16-7-5-6-8-16/h9-12,16-17,19H,5-8,13H2,1-4H3. The van der Waals surface area contributed by atoms with Gasteiger partial charge in [0.05, 0.1) is 18.8 Å². The van der Waals surface area contributed by atoms with Crippen molar-refractivity contribution in [2.45, 2.75) is 64.0 Å². The molecule has 1 N–H and O–H groups in total. The summed E-state index contributed by atoms with van der Waals surface area (Å²) in [4.78, 5) is 0. The Hall–Kier alpha value is -0.860. The maximum atomic E-state index is 6.05. The lowest BCUT2D eigenvalue weighted by molar-refractivity contribution is 0.0439. The largest absolute Gasteiger partial charge is 0.376 e. The summed E-state index contributed by atoms with van der Waals surface area (Å²) in [5.41, 5.74) is 2.92. The number of likely N-dealkylation sites (N-methyl/N-ethyl adjacent to an activating group) is 1. The molecule has 1 saturated carbocycles. The van der Waals surface area contributed by atoms with Gasteiger partial charge in [-0.2, -0.15) is 0 Å². The molecule has 0 saturated heterocycles. The molecule has 1 unspecified atom stereocenters. The van der Waals surface area contributed by atoms with Crippen LogP contribution in [0.4, 0.5) is 0 Å². The van der Waals surface area contributed by atoms with Crippen molar-refractivity contribution in [3.8, 4) is 0 Å². The van der Waals surface area contributed by atoms with Crippen LogP contribution in [0.5, 0.6) is 0 Å². The summed E-state index contributed by atoms with van der Waals surface area (Å²) < 4.78 is 6.05. The van der Waals surface area contributed by atoms with Crippen molar-refractivity contribution in [1.29, 1.82) is 0 Å². The first kappa shape index (κ1) is 15.5. The highest BCUT2D eigenvalue weighted by molar-refractivity contribution is 5.29. The van der Waals surface area contributed by atoms with Crippen LogP contribution in [0.1, 0.15) is 63.6 Å². The molecule has 0 aromatic heterocycles. The average Bonchev–Trinajstić information content (AvgIpc) is 2.92. The van der Waals surface area contributed by atoms with E-state index in [0.717, 1.165) is 6.61 Å². The third-order valence-corrected chi connectivity index (χ3v) is 4.33. The normalized spacial score (nSPS) is 18.4. The van der Waals surface area contributed by atoms with Crippen LogP contribution in [0.2, 0.25) is 0 Å². The molecule has 1 atom stereocenters. The molecule has 2 rings (SSSR count). The first-order valence-corrected chi connectivity index (χ1v) is 7.90. The first-order valence-electron chi connectivity index (χ1n) is 7.90. The van der Waals surface area contributed by atoms with Gasteiger partial charge in [0.25, 0.3) is 0 Å². The molecule has 1 aliphatic carbocycles. The number of ether oxygens (including phenoxy) is 1. The van der Waals surface area contributed by atoms with Crippen LogP contribution >= 0.6 is 0 Å². The second-order valence-corrected chi connectivity index (χ2v) is 6.95. The summed E-state index contributed by atoms with van der Waals surface area (Å²) in [6.07, 6.45) is 5.61. The van der Waals surface area contributed by atoms with E-state index in [0.29, 0.717) is 12.1 Å². The van der Waals surface area contributed by atoms with E-state index >= 15 is 0 Å². The lowest BCUT2D eigenvalue weighted by Crippen LogP contribution is -2.24. The molecular formula is C18H29NO. The highest BCUT2D eigenvalue weighted by atomic mass is 16.5. The fourth-order valence-electron chi connectivity index (χ4n) is 2.85. The Kier molecular flexibility index (Phi) is 5.22. The van der Waals surface area contributed by atoms with Gasteiger partial charge in [-0.05, 0) is 36.4 Å². The Morgan fingerprint density at radius 3 is 2.25 bits per heavy atom. The first-order chi connectivity index (χ1) is 9.50. The Bertz CT molecular complexity index is 398. The predicted octanol–water partition coefficient (Wildman–Crippen LogP) is 4.20. The molecule has 0 spiro atoms. The summed E-state index contributed by atoms with van der Waals surface area (Å²) in [5.74, 6) is 0. The van der Waals surface area contributed by atoms with Gasteiger partial charge < -0.3 is 10.1 Å². The van der Waals surface area contributed by atoms with Crippen LogP contribution in [-0.2, 0) is 10.2 Å². The van der Waals surface area contributed by atoms with E-state index in [-0.39, 0.29) is 5.41 Å². The zero-order valence-electron chi connectivity index (χ0n) is 13.4. The maximum absolute atomic E-state index is 6.05. The lowest BCUT2D eigenvalue weighted by atomic mass is 9.86. The average molecular weight is 275 g/mol. The van der Waals surface area contributed by atoms with Crippen molar-refractivity contribution in [2.75, 3.05) is 13.7 Å². The molecule has 1 aliphatic rings. The van der Waals surface area contributed by atoms with Crippen LogP contribution < -0.4 is 5.32 Å². The number of rotatable bonds is 5. The Morgan fingerprint density at radius 2 is 1.75 bits per heavy atom. The topological polar surface area (TPSA) is 21.3 Å². The van der Waals surface area contributed by atoms with Crippen LogP contribution in [0.25, 0.3) is 0 Å². The quantitative estimate of drug-likeness (QED) is 0.869. The van der Waals surface area contributed by atoms with Crippen molar-refractivity contribution >= 4 is 0 Å². The summed E-state index contributed by atoms with van der Waals surface area (Å²) in [6, 6.07) is 9.26. The smallest absolute Gasteiger partial charge is 0.0665 e. The van der Waals surface area contributed by atoms with E-state index in [1.54, 1.807) is 0 Å². The van der Waals surface area contributed by atoms with Crippen molar-refractivity contribution in [3.05, 3.63) is 35.4 Å². The van der Waals surface area contributed by atoms with Gasteiger partial charge in [0, 0.05) is 0 Å². The summed E-state index contributed by atoms with van der Waals surface area (Å²) >= 11 is 0. The van der Waals surface area contributed by atoms with Crippen LogP contribution in [-0.4, -0.2) is 19.8 Å². The minimum Gasteiger partial charge on any atom is -0.376 e. The number of nitrogens with one attached hydrogen (secondary N) is 1. The molecule has 0 aliphatic heterocycles. The molecule has 2 nitrogen and oxygen atoms in total. The van der Waals surface area contributed by atoms with Crippen molar-refractivity contribution in [2.24, 2.45) is 0 Å². The number of hydrogen-bond acceptors (Lipinski definition) is 2. The maximum Gasteiger partial charge on any atom is 0.0665 e. The van der Waals surface area contributed by atoms with E-state index < -0.39 is 0 Å². The van der Waals surface area contributed by atoms with E-state index in [2.05, 4.69) is 50.4 Å². The van der Waals surface area contributed by atoms with Crippen LogP contribution in [0.15, 0.2) is 24.3 Å². The molecule has 2 heteroatoms. The molecule has 0 radical (unpaired) electrons. The minimum absolute atomic E-state index is 0.216. The van der Waals surface area contributed by atoms with Crippen LogP contribution in [0, 0.1) is 0 Å². The molecule has 20 heavy (non-hydrogen) atoms. The second-order valence-electron chi connectivity index (χ2n) is 6.95. The summed E-state index contributed by atoms with van der Waals surface area (Å²) in [6.45, 7) is 7.53. The highest BCUT2D eigenvalue weighted by Crippen LogP contribution is 2.25. The molecule has 112 valence electrons. The van der Waals surface area contributed by atoms with Gasteiger partial charge in [-0.1, -0.05) is 57.9 Å². The zero-order chi connectivity index (χ0) is 14.6. The van der Waals surface area contributed by atoms with Gasteiger partial charge >= 0.3 is 0 Å². The third-order valence-electron chi connectivity index (χ3n) is 4.33. The summed E-state index contributed by atoms with van der Waals surface area (Å²) in [5, 5.41) is 3.38. The van der Waals surface area contributed by atoms with Gasteiger partial charge in [-0.25, -0.2) is 0 Å². The number of hydrogen-bond donors (Lipinski definition) is 1. The SMILES string of the molecule is CNC(COC1CCCC1)c1ccc(C(C)(C)C)cc1. The number of benzene rings is 1. The Balaban J connectivity index is 1.96. The van der Waals surface area contributed by atoms with Crippen molar-refractivity contribution in [3.63, 3.8) is 0 Å². The van der Waals surface area contributed by atoms with Gasteiger partial charge in [0.1, 0.15) is 0 Å². The highest BCUT2D eigenvalue weighted by Gasteiger charge is 2.19. The van der Waals surface area contributed by atoms with Crippen molar-refractivity contribution < 1.29 is 4.74 Å². The fourth-order valence-corrected chi connectivity index (χ4v) is 2.85. The third kappa shape index (κ3) is 4.07. The molecular weight excluding hydrogens is 246 g/mol. The second kappa shape index (κ2) is 6.73. The monoisotopic (exact) mass is 275 g/mol. The molecule has 0 amide bonds. The van der Waals surface area contributed by atoms with Gasteiger partial charge in [0.15, 0.2) is 0 Å². The van der Waals surface area contributed by atoms with E-state index in [4.69, 9.17) is 4.74 Å². The van der Waals surface area contributed by atoms with E-state index in [1.807, 2.05) is 7.05 Å². The molecule has 1 aromatic rings. The van der Waals surface area contributed by atoms with Crippen molar-refractivity contribution in [1.82, 2.24) is 5.32 Å². The van der Waals surface area contributed by atoms with Gasteiger partial charge in [0.2, 0.25) is 0 Å². The molecule has 1 aromatic carbocycles. The van der Waals surface area contributed by atoms with Gasteiger partial charge in [-0.3, -0.25) is 0 Å². The zero-order valence-corrected chi connectivity index (χ0v) is 13.4. The Morgan fingerprint density at radius 1 is 1.15 bits per heavy atom. The van der Waals surface area contributed by atoms with E-state index in [1.165, 1.54) is 36.8 Å².